The summed E-state index contributed by atoms with van der Waals surface area (Å²) in [6, 6.07) is 5.94. The molecule has 3 nitrogen and oxygen atoms in total. The van der Waals surface area contributed by atoms with Crippen LogP contribution in [0.15, 0.2) is 22.7 Å². The van der Waals surface area contributed by atoms with Gasteiger partial charge >= 0.3 is 0 Å². The molecule has 1 aromatic carbocycles. The molecule has 2 bridgehead atoms. The predicted molar refractivity (Wildman–Crippen MR) is 111 cm³/mol. The van der Waals surface area contributed by atoms with Crippen LogP contribution in [0.4, 0.5) is 5.69 Å². The van der Waals surface area contributed by atoms with E-state index in [2.05, 4.69) is 26.6 Å². The van der Waals surface area contributed by atoms with E-state index in [-0.39, 0.29) is 5.91 Å². The number of benzene rings is 1. The Morgan fingerprint density at radius 1 is 1.24 bits per heavy atom. The average molecular weight is 423 g/mol. The lowest BCUT2D eigenvalue weighted by Gasteiger charge is -2.39. The molecule has 2 fully saturated rings. The van der Waals surface area contributed by atoms with Gasteiger partial charge in [-0.15, -0.1) is 0 Å². The van der Waals surface area contributed by atoms with Crippen molar-refractivity contribution in [3.8, 4) is 0 Å². The molecule has 0 saturated heterocycles. The molecule has 2 atom stereocenters. The third kappa shape index (κ3) is 5.52. The maximum Gasteiger partial charge on any atom is 0.226 e. The second-order valence-electron chi connectivity index (χ2n) is 7.74. The van der Waals surface area contributed by atoms with Gasteiger partial charge in [0.25, 0.3) is 0 Å². The molecular formula is C20H27BrN2OS. The molecule has 1 aromatic rings. The highest BCUT2D eigenvalue weighted by molar-refractivity contribution is 9.10. The van der Waals surface area contributed by atoms with Crippen molar-refractivity contribution in [2.24, 2.45) is 17.8 Å². The van der Waals surface area contributed by atoms with Crippen molar-refractivity contribution in [2.45, 2.75) is 58.3 Å². The quantitative estimate of drug-likeness (QED) is 0.623. The number of fused-ring (bicyclic) bond motifs is 2. The Balaban J connectivity index is 1.42. The molecule has 5 heteroatoms. The zero-order chi connectivity index (χ0) is 17.8. The van der Waals surface area contributed by atoms with Crippen LogP contribution < -0.4 is 10.6 Å². The summed E-state index contributed by atoms with van der Waals surface area (Å²) in [6.07, 6.45) is 9.87. The summed E-state index contributed by atoms with van der Waals surface area (Å²) < 4.78 is 1.03. The van der Waals surface area contributed by atoms with Crippen LogP contribution in [0, 0.1) is 24.7 Å². The fraction of sp³-hybridized carbons (Fsp3) is 0.600. The van der Waals surface area contributed by atoms with Crippen molar-refractivity contribution in [3.63, 3.8) is 0 Å². The van der Waals surface area contributed by atoms with Crippen LogP contribution in [-0.2, 0) is 4.79 Å². The van der Waals surface area contributed by atoms with E-state index in [9.17, 15) is 4.79 Å². The van der Waals surface area contributed by atoms with Crippen molar-refractivity contribution in [1.82, 2.24) is 5.32 Å². The number of amides is 1. The number of hydrogen-bond acceptors (Lipinski definition) is 2. The molecule has 2 aliphatic rings. The minimum atomic E-state index is 0.0306. The molecule has 0 aliphatic heterocycles. The molecule has 25 heavy (non-hydrogen) atoms. The first kappa shape index (κ1) is 18.8. The molecule has 0 spiro atoms. The van der Waals surface area contributed by atoms with Crippen LogP contribution in [0.2, 0.25) is 0 Å². The summed E-state index contributed by atoms with van der Waals surface area (Å²) in [5.74, 6) is 2.60. The second-order valence-corrected chi connectivity index (χ2v) is 9.06. The van der Waals surface area contributed by atoms with E-state index in [0.29, 0.717) is 11.5 Å². The number of rotatable bonds is 4. The first-order chi connectivity index (χ1) is 12.0. The fourth-order valence-corrected chi connectivity index (χ4v) is 5.25. The zero-order valence-electron chi connectivity index (χ0n) is 14.8. The van der Waals surface area contributed by atoms with Gasteiger partial charge in [-0.1, -0.05) is 35.2 Å². The Bertz CT molecular complexity index is 637. The van der Waals surface area contributed by atoms with Crippen molar-refractivity contribution >= 4 is 44.9 Å². The lowest BCUT2D eigenvalue weighted by Crippen LogP contribution is -2.35. The lowest BCUT2D eigenvalue weighted by atomic mass is 9.67. The molecule has 0 radical (unpaired) electrons. The van der Waals surface area contributed by atoms with Gasteiger partial charge in [0.1, 0.15) is 0 Å². The topological polar surface area (TPSA) is 41.1 Å². The lowest BCUT2D eigenvalue weighted by molar-refractivity contribution is -0.120. The Morgan fingerprint density at radius 2 is 1.96 bits per heavy atom. The summed E-state index contributed by atoms with van der Waals surface area (Å²) in [6.45, 7) is 2.01. The molecule has 3 rings (SSSR count). The highest BCUT2D eigenvalue weighted by Crippen LogP contribution is 2.43. The van der Waals surface area contributed by atoms with Crippen LogP contribution in [0.5, 0.6) is 0 Å². The summed E-state index contributed by atoms with van der Waals surface area (Å²) in [4.78, 5) is 12.2. The van der Waals surface area contributed by atoms with E-state index in [1.54, 1.807) is 0 Å². The van der Waals surface area contributed by atoms with E-state index in [0.717, 1.165) is 39.9 Å². The maximum absolute atomic E-state index is 12.2. The van der Waals surface area contributed by atoms with Crippen LogP contribution in [-0.4, -0.2) is 11.0 Å². The van der Waals surface area contributed by atoms with E-state index >= 15 is 0 Å². The summed E-state index contributed by atoms with van der Waals surface area (Å²) in [5.41, 5.74) is 2.01. The molecule has 2 aliphatic carbocycles. The van der Waals surface area contributed by atoms with Crippen LogP contribution >= 0.6 is 28.1 Å². The average Bonchev–Trinajstić information content (AvgIpc) is 2.55. The largest absolute Gasteiger partial charge is 0.332 e. The summed E-state index contributed by atoms with van der Waals surface area (Å²) in [5, 5.41) is 6.33. The Labute approximate surface area is 164 Å². The molecule has 2 N–H and O–H groups in total. The van der Waals surface area contributed by atoms with Crippen LogP contribution in [0.3, 0.4) is 0 Å². The van der Waals surface area contributed by atoms with Gasteiger partial charge in [-0.2, -0.15) is 0 Å². The number of carbonyl (C=O) groups is 1. The standard InChI is InChI=1S/C20H27BrN2OS/c1-13-9-17(21)6-7-18(13)22-20(25)23-19(24)8-5-16-11-14-3-2-4-15(10-14)12-16/h6-7,9,14-16H,2-5,8,10-12H2,1H3,(H2,22,23,24,25). The highest BCUT2D eigenvalue weighted by Gasteiger charge is 2.31. The van der Waals surface area contributed by atoms with E-state index < -0.39 is 0 Å². The minimum Gasteiger partial charge on any atom is -0.332 e. The van der Waals surface area contributed by atoms with Gasteiger partial charge in [-0.25, -0.2) is 0 Å². The van der Waals surface area contributed by atoms with Crippen molar-refractivity contribution in [2.75, 3.05) is 5.32 Å². The van der Waals surface area contributed by atoms with Gasteiger partial charge in [-0.05, 0) is 86.3 Å². The molecule has 0 heterocycles. The Morgan fingerprint density at radius 3 is 2.64 bits per heavy atom. The number of carbonyl (C=O) groups excluding carboxylic acids is 1. The third-order valence-corrected chi connectivity index (χ3v) is 6.39. The number of hydrogen-bond donors (Lipinski definition) is 2. The van der Waals surface area contributed by atoms with Crippen LogP contribution in [0.25, 0.3) is 0 Å². The SMILES string of the molecule is Cc1cc(Br)ccc1NC(=S)NC(=O)CCC1CC2CCCC(C2)C1. The summed E-state index contributed by atoms with van der Waals surface area (Å²) in [7, 11) is 0. The van der Waals surface area contributed by atoms with Gasteiger partial charge in [0.05, 0.1) is 0 Å². The van der Waals surface area contributed by atoms with Gasteiger partial charge in [-0.3, -0.25) is 4.79 Å². The maximum atomic E-state index is 12.2. The number of thiocarbonyl (C=S) groups is 1. The van der Waals surface area contributed by atoms with E-state index in [1.165, 1.54) is 38.5 Å². The number of halogens is 1. The molecule has 136 valence electrons. The zero-order valence-corrected chi connectivity index (χ0v) is 17.2. The molecular weight excluding hydrogens is 396 g/mol. The van der Waals surface area contributed by atoms with Gasteiger partial charge in [0.2, 0.25) is 5.91 Å². The fourth-order valence-electron chi connectivity index (χ4n) is 4.55. The molecule has 0 aromatic heterocycles. The van der Waals surface area contributed by atoms with Gasteiger partial charge in [0, 0.05) is 16.6 Å². The van der Waals surface area contributed by atoms with Crippen molar-refractivity contribution < 1.29 is 4.79 Å². The summed E-state index contributed by atoms with van der Waals surface area (Å²) >= 11 is 8.73. The molecule has 2 unspecified atom stereocenters. The molecule has 1 amide bonds. The normalized spacial score (nSPS) is 25.3. The second kappa shape index (κ2) is 8.63. The Kier molecular flexibility index (Phi) is 6.50. The van der Waals surface area contributed by atoms with Gasteiger partial charge < -0.3 is 10.6 Å². The smallest absolute Gasteiger partial charge is 0.226 e. The molecule has 2 saturated carbocycles. The van der Waals surface area contributed by atoms with Crippen LogP contribution in [0.1, 0.15) is 56.9 Å². The monoisotopic (exact) mass is 422 g/mol. The number of anilines is 1. The Hall–Kier alpha value is -0.940. The highest BCUT2D eigenvalue weighted by atomic mass is 79.9. The van der Waals surface area contributed by atoms with Crippen molar-refractivity contribution in [3.05, 3.63) is 28.2 Å². The minimum absolute atomic E-state index is 0.0306. The first-order valence-electron chi connectivity index (χ1n) is 9.36. The number of nitrogens with one attached hydrogen (secondary N) is 2. The van der Waals surface area contributed by atoms with E-state index in [4.69, 9.17) is 12.2 Å². The first-order valence-corrected chi connectivity index (χ1v) is 10.6. The van der Waals surface area contributed by atoms with E-state index in [1.807, 2.05) is 25.1 Å². The van der Waals surface area contributed by atoms with Crippen molar-refractivity contribution in [1.29, 1.82) is 0 Å². The number of aryl methyl sites for hydroxylation is 1. The van der Waals surface area contributed by atoms with Gasteiger partial charge in [0.15, 0.2) is 5.11 Å². The third-order valence-electron chi connectivity index (χ3n) is 5.69. The predicted octanol–water partition coefficient (Wildman–Crippen LogP) is 5.57.